The Morgan fingerprint density at radius 2 is 1.83 bits per heavy atom. The maximum atomic E-state index is 12.2. The molecule has 1 amide bonds. The van der Waals surface area contributed by atoms with Crippen LogP contribution in [-0.2, 0) is 4.79 Å². The van der Waals surface area contributed by atoms with E-state index in [4.69, 9.17) is 23.2 Å². The van der Waals surface area contributed by atoms with Gasteiger partial charge in [0.05, 0.1) is 25.9 Å². The molecule has 1 N–H and O–H groups in total. The summed E-state index contributed by atoms with van der Waals surface area (Å²) in [5.74, 6) is -0.109. The maximum absolute atomic E-state index is 12.2. The van der Waals surface area contributed by atoms with Crippen LogP contribution < -0.4 is 5.32 Å². The fourth-order valence-electron chi connectivity index (χ4n) is 2.11. The Kier molecular flexibility index (Phi) is 4.56. The number of thiazole rings is 1. The molecule has 0 spiro atoms. The minimum absolute atomic E-state index is 0.109. The quantitative estimate of drug-likeness (QED) is 0.571. The molecule has 24 heavy (non-hydrogen) atoms. The molecule has 0 saturated heterocycles. The summed E-state index contributed by atoms with van der Waals surface area (Å²) in [7, 11) is 0. The molecule has 0 bridgehead atoms. The summed E-state index contributed by atoms with van der Waals surface area (Å²) in [5, 5.41) is 4.58. The van der Waals surface area contributed by atoms with E-state index in [2.05, 4.69) is 10.3 Å². The van der Waals surface area contributed by atoms with Crippen LogP contribution in [-0.4, -0.2) is 10.9 Å². The van der Waals surface area contributed by atoms with Gasteiger partial charge in [0.2, 0.25) is 5.91 Å². The number of benzene rings is 2. The minimum Gasteiger partial charge on any atom is -0.324 e. The number of anilines is 1. The molecule has 2 aromatic carbocycles. The maximum Gasteiger partial charge on any atom is 0.229 e. The predicted molar refractivity (Wildman–Crippen MR) is 103 cm³/mol. The van der Waals surface area contributed by atoms with Gasteiger partial charge in [-0.3, -0.25) is 4.79 Å². The summed E-state index contributed by atoms with van der Waals surface area (Å²) in [6.45, 7) is 5.54. The Labute approximate surface area is 154 Å². The van der Waals surface area contributed by atoms with Crippen LogP contribution in [0.4, 0.5) is 5.69 Å². The topological polar surface area (TPSA) is 42.0 Å². The van der Waals surface area contributed by atoms with Crippen LogP contribution in [0, 0.1) is 5.41 Å². The van der Waals surface area contributed by atoms with Crippen LogP contribution in [0.25, 0.3) is 20.8 Å². The van der Waals surface area contributed by atoms with E-state index in [1.54, 1.807) is 23.5 Å². The van der Waals surface area contributed by atoms with Crippen molar-refractivity contribution in [1.29, 1.82) is 0 Å². The molecular formula is C18H16Cl2N2OS. The molecule has 3 nitrogen and oxygen atoms in total. The van der Waals surface area contributed by atoms with Crippen molar-refractivity contribution < 1.29 is 4.79 Å². The van der Waals surface area contributed by atoms with E-state index in [-0.39, 0.29) is 5.91 Å². The number of carbonyl (C=O) groups excluding carboxylic acids is 1. The van der Waals surface area contributed by atoms with Gasteiger partial charge in [0, 0.05) is 11.0 Å². The standard InChI is InChI=1S/C18H16Cl2N2OS/c1-18(2,3)17(23)22-14-8-10(11(19)9-12(14)20)16-21-13-6-4-5-7-15(13)24-16/h4-9H,1-3H3,(H,22,23). The lowest BCUT2D eigenvalue weighted by molar-refractivity contribution is -0.123. The van der Waals surface area contributed by atoms with Gasteiger partial charge in [-0.1, -0.05) is 56.1 Å². The fourth-order valence-corrected chi connectivity index (χ4v) is 3.68. The lowest BCUT2D eigenvalue weighted by atomic mass is 9.95. The van der Waals surface area contributed by atoms with Crippen molar-refractivity contribution in [2.24, 2.45) is 5.41 Å². The summed E-state index contributed by atoms with van der Waals surface area (Å²) in [6.07, 6.45) is 0. The molecule has 0 unspecified atom stereocenters. The van der Waals surface area contributed by atoms with Gasteiger partial charge in [-0.2, -0.15) is 0 Å². The number of halogens is 2. The summed E-state index contributed by atoms with van der Waals surface area (Å²) in [5.41, 5.74) is 1.70. The molecule has 3 rings (SSSR count). The summed E-state index contributed by atoms with van der Waals surface area (Å²) in [6, 6.07) is 11.3. The summed E-state index contributed by atoms with van der Waals surface area (Å²) >= 11 is 14.2. The Hall–Kier alpha value is -1.62. The van der Waals surface area contributed by atoms with E-state index in [1.807, 2.05) is 45.0 Å². The molecule has 0 atom stereocenters. The third-order valence-corrected chi connectivity index (χ3v) is 5.21. The smallest absolute Gasteiger partial charge is 0.229 e. The number of para-hydroxylation sites is 1. The normalized spacial score (nSPS) is 11.7. The SMILES string of the molecule is CC(C)(C)C(=O)Nc1cc(-c2nc3ccccc3s2)c(Cl)cc1Cl. The highest BCUT2D eigenvalue weighted by atomic mass is 35.5. The van der Waals surface area contributed by atoms with Gasteiger partial charge < -0.3 is 5.32 Å². The second kappa shape index (κ2) is 6.36. The average Bonchev–Trinajstić information content (AvgIpc) is 2.92. The van der Waals surface area contributed by atoms with Crippen LogP contribution in [0.3, 0.4) is 0 Å². The van der Waals surface area contributed by atoms with E-state index in [0.717, 1.165) is 20.8 Å². The van der Waals surface area contributed by atoms with Gasteiger partial charge in [0.15, 0.2) is 0 Å². The first-order valence-electron chi connectivity index (χ1n) is 7.42. The first-order valence-corrected chi connectivity index (χ1v) is 8.99. The van der Waals surface area contributed by atoms with Gasteiger partial charge in [-0.05, 0) is 24.3 Å². The van der Waals surface area contributed by atoms with Crippen molar-refractivity contribution in [3.8, 4) is 10.6 Å². The number of aromatic nitrogens is 1. The molecule has 0 radical (unpaired) electrons. The van der Waals surface area contributed by atoms with Gasteiger partial charge in [0.1, 0.15) is 5.01 Å². The number of hydrogen-bond donors (Lipinski definition) is 1. The van der Waals surface area contributed by atoms with Crippen molar-refractivity contribution in [2.45, 2.75) is 20.8 Å². The Balaban J connectivity index is 2.05. The third kappa shape index (κ3) is 3.41. The Bertz CT molecular complexity index is 895. The zero-order valence-electron chi connectivity index (χ0n) is 13.5. The van der Waals surface area contributed by atoms with E-state index in [9.17, 15) is 4.79 Å². The van der Waals surface area contributed by atoms with Crippen molar-refractivity contribution in [3.63, 3.8) is 0 Å². The van der Waals surface area contributed by atoms with Crippen molar-refractivity contribution >= 4 is 56.3 Å². The lowest BCUT2D eigenvalue weighted by Gasteiger charge is -2.19. The second-order valence-electron chi connectivity index (χ2n) is 6.50. The Morgan fingerprint density at radius 1 is 1.12 bits per heavy atom. The van der Waals surface area contributed by atoms with Crippen molar-refractivity contribution in [2.75, 3.05) is 5.32 Å². The number of hydrogen-bond acceptors (Lipinski definition) is 3. The predicted octanol–water partition coefficient (Wildman–Crippen LogP) is 6.25. The first kappa shape index (κ1) is 17.2. The van der Waals surface area contributed by atoms with Crippen LogP contribution in [0.2, 0.25) is 10.0 Å². The highest BCUT2D eigenvalue weighted by Gasteiger charge is 2.23. The lowest BCUT2D eigenvalue weighted by Crippen LogP contribution is -2.27. The highest BCUT2D eigenvalue weighted by molar-refractivity contribution is 7.21. The molecule has 1 heterocycles. The van der Waals surface area contributed by atoms with Crippen LogP contribution in [0.15, 0.2) is 36.4 Å². The van der Waals surface area contributed by atoms with Gasteiger partial charge in [0.25, 0.3) is 0 Å². The highest BCUT2D eigenvalue weighted by Crippen LogP contribution is 2.39. The molecular weight excluding hydrogens is 363 g/mol. The van der Waals surface area contributed by atoms with Gasteiger partial charge in [-0.15, -0.1) is 11.3 Å². The molecule has 124 valence electrons. The molecule has 0 aliphatic heterocycles. The van der Waals surface area contributed by atoms with Crippen molar-refractivity contribution in [1.82, 2.24) is 4.98 Å². The van der Waals surface area contributed by atoms with Gasteiger partial charge in [-0.25, -0.2) is 4.98 Å². The van der Waals surface area contributed by atoms with E-state index in [0.29, 0.717) is 15.7 Å². The number of amides is 1. The summed E-state index contributed by atoms with van der Waals surface area (Å²) in [4.78, 5) is 16.9. The minimum atomic E-state index is -0.515. The van der Waals surface area contributed by atoms with Gasteiger partial charge >= 0.3 is 0 Å². The second-order valence-corrected chi connectivity index (χ2v) is 8.35. The molecule has 1 aromatic heterocycles. The zero-order valence-corrected chi connectivity index (χ0v) is 15.8. The molecule has 0 fully saturated rings. The third-order valence-electron chi connectivity index (χ3n) is 3.51. The van der Waals surface area contributed by atoms with E-state index in [1.165, 1.54) is 0 Å². The van der Waals surface area contributed by atoms with E-state index >= 15 is 0 Å². The molecule has 3 aromatic rings. The van der Waals surface area contributed by atoms with Crippen LogP contribution >= 0.6 is 34.5 Å². The fraction of sp³-hybridized carbons (Fsp3) is 0.222. The van der Waals surface area contributed by atoms with Crippen LogP contribution in [0.5, 0.6) is 0 Å². The van der Waals surface area contributed by atoms with Crippen molar-refractivity contribution in [3.05, 3.63) is 46.4 Å². The number of nitrogens with zero attached hydrogens (tertiary/aromatic N) is 1. The number of fused-ring (bicyclic) bond motifs is 1. The first-order chi connectivity index (χ1) is 11.3. The number of rotatable bonds is 2. The van der Waals surface area contributed by atoms with Crippen LogP contribution in [0.1, 0.15) is 20.8 Å². The molecule has 6 heteroatoms. The Morgan fingerprint density at radius 3 is 2.50 bits per heavy atom. The average molecular weight is 379 g/mol. The molecule has 0 aliphatic carbocycles. The van der Waals surface area contributed by atoms with E-state index < -0.39 is 5.41 Å². The monoisotopic (exact) mass is 378 g/mol. The zero-order chi connectivity index (χ0) is 17.5. The number of nitrogens with one attached hydrogen (secondary N) is 1. The number of carbonyl (C=O) groups is 1. The largest absolute Gasteiger partial charge is 0.324 e. The molecule has 0 saturated carbocycles. The molecule has 0 aliphatic rings. The summed E-state index contributed by atoms with van der Waals surface area (Å²) < 4.78 is 1.08.